The number of para-hydroxylation sites is 2. The minimum atomic E-state index is 0.0691. The molecule has 104 valence electrons. The second kappa shape index (κ2) is 6.73. The normalized spacial score (nSPS) is 11.5. The number of rotatable bonds is 3. The van der Waals surface area contributed by atoms with Gasteiger partial charge >= 0.3 is 0 Å². The van der Waals surface area contributed by atoms with E-state index >= 15 is 0 Å². The fourth-order valence-electron chi connectivity index (χ4n) is 1.73. The highest BCUT2D eigenvalue weighted by atomic mass is 16.5. The highest BCUT2D eigenvalue weighted by Gasteiger charge is 2.11. The summed E-state index contributed by atoms with van der Waals surface area (Å²) in [6, 6.07) is 19.0. The summed E-state index contributed by atoms with van der Waals surface area (Å²) < 4.78 is 0. The third-order valence-corrected chi connectivity index (χ3v) is 2.61. The van der Waals surface area contributed by atoms with Gasteiger partial charge in [-0.2, -0.15) is 5.06 Å². The number of aliphatic imine (C=N–C) groups is 1. The molecule has 4 nitrogen and oxygen atoms in total. The van der Waals surface area contributed by atoms with E-state index in [1.807, 2.05) is 74.5 Å². The van der Waals surface area contributed by atoms with Crippen molar-refractivity contribution in [2.75, 3.05) is 10.4 Å². The highest BCUT2D eigenvalue weighted by Crippen LogP contribution is 2.14. The molecule has 2 aromatic rings. The smallest absolute Gasteiger partial charge is 0.227 e. The van der Waals surface area contributed by atoms with Crippen LogP contribution in [0.5, 0.6) is 0 Å². The summed E-state index contributed by atoms with van der Waals surface area (Å²) in [5.41, 5.74) is 1.54. The average Bonchev–Trinajstić information content (AvgIpc) is 2.47. The molecule has 0 saturated carbocycles. The van der Waals surface area contributed by atoms with Crippen LogP contribution in [0.3, 0.4) is 0 Å². The molecular weight excluding hydrogens is 250 g/mol. The Morgan fingerprint density at radius 3 is 2.10 bits per heavy atom. The Kier molecular flexibility index (Phi) is 4.74. The lowest BCUT2D eigenvalue weighted by molar-refractivity contribution is 0.311. The van der Waals surface area contributed by atoms with E-state index in [0.717, 1.165) is 10.8 Å². The van der Waals surface area contributed by atoms with E-state index in [0.29, 0.717) is 11.6 Å². The number of hydrogen-bond acceptors (Lipinski definition) is 2. The first kappa shape index (κ1) is 14.1. The minimum Gasteiger partial charge on any atom is -0.324 e. The van der Waals surface area contributed by atoms with Gasteiger partial charge in [0.2, 0.25) is 5.96 Å². The molecule has 0 aliphatic carbocycles. The topological polar surface area (TPSA) is 47.9 Å². The van der Waals surface area contributed by atoms with Crippen LogP contribution in [0, 0.1) is 0 Å². The van der Waals surface area contributed by atoms with Gasteiger partial charge in [0.25, 0.3) is 0 Å². The predicted octanol–water partition coefficient (Wildman–Crippen LogP) is 3.76. The van der Waals surface area contributed by atoms with Gasteiger partial charge in [-0.05, 0) is 38.1 Å². The van der Waals surface area contributed by atoms with Crippen LogP contribution in [0.4, 0.5) is 11.4 Å². The summed E-state index contributed by atoms with van der Waals surface area (Å²) in [5, 5.41) is 14.5. The van der Waals surface area contributed by atoms with Gasteiger partial charge in [0.05, 0.1) is 5.69 Å². The van der Waals surface area contributed by atoms with Crippen molar-refractivity contribution in [1.82, 2.24) is 0 Å². The van der Waals surface area contributed by atoms with Crippen LogP contribution >= 0.6 is 0 Å². The monoisotopic (exact) mass is 269 g/mol. The molecule has 2 rings (SSSR count). The summed E-state index contributed by atoms with van der Waals surface area (Å²) >= 11 is 0. The first-order valence-corrected chi connectivity index (χ1v) is 6.61. The zero-order chi connectivity index (χ0) is 14.4. The molecule has 4 heteroatoms. The largest absolute Gasteiger partial charge is 0.324 e. The second-order valence-corrected chi connectivity index (χ2v) is 4.68. The maximum atomic E-state index is 10.3. The van der Waals surface area contributed by atoms with Crippen LogP contribution in [0.15, 0.2) is 65.7 Å². The molecule has 0 atom stereocenters. The highest BCUT2D eigenvalue weighted by molar-refractivity contribution is 6.03. The molecule has 2 aromatic carbocycles. The van der Waals surface area contributed by atoms with Crippen LogP contribution in [0.1, 0.15) is 13.8 Å². The van der Waals surface area contributed by atoms with Crippen molar-refractivity contribution < 1.29 is 5.21 Å². The molecule has 0 aromatic heterocycles. The van der Waals surface area contributed by atoms with Crippen molar-refractivity contribution in [3.63, 3.8) is 0 Å². The van der Waals surface area contributed by atoms with E-state index in [1.54, 1.807) is 0 Å². The van der Waals surface area contributed by atoms with Gasteiger partial charge in [-0.15, -0.1) is 0 Å². The van der Waals surface area contributed by atoms with Crippen LogP contribution in [-0.4, -0.2) is 17.2 Å². The summed E-state index contributed by atoms with van der Waals surface area (Å²) in [4.78, 5) is 4.43. The summed E-state index contributed by atoms with van der Waals surface area (Å²) in [6.07, 6.45) is 0. The van der Waals surface area contributed by atoms with Gasteiger partial charge in [0.1, 0.15) is 0 Å². The van der Waals surface area contributed by atoms with Crippen molar-refractivity contribution in [3.8, 4) is 0 Å². The molecule has 0 unspecified atom stereocenters. The molecule has 2 N–H and O–H groups in total. The lowest BCUT2D eigenvalue weighted by Gasteiger charge is -2.21. The Balaban J connectivity index is 2.25. The van der Waals surface area contributed by atoms with Crippen LogP contribution in [0.2, 0.25) is 0 Å². The third kappa shape index (κ3) is 3.83. The molecule has 0 aliphatic heterocycles. The van der Waals surface area contributed by atoms with Gasteiger partial charge in [0, 0.05) is 11.7 Å². The van der Waals surface area contributed by atoms with Gasteiger partial charge < -0.3 is 5.32 Å². The summed E-state index contributed by atoms with van der Waals surface area (Å²) in [7, 11) is 0. The fraction of sp³-hybridized carbons (Fsp3) is 0.188. The lowest BCUT2D eigenvalue weighted by atomic mass is 10.3. The Labute approximate surface area is 119 Å². The standard InChI is InChI=1S/C16H19N3O/c1-13(2)17-16(18-14-9-5-3-6-10-14)19(20)15-11-7-4-8-12-15/h3-13,20H,1-2H3,(H,17,18). The molecular formula is C16H19N3O. The predicted molar refractivity (Wildman–Crippen MR) is 83.3 cm³/mol. The SMILES string of the molecule is CC(C)N=C(Nc1ccccc1)N(O)c1ccccc1. The molecule has 0 spiro atoms. The quantitative estimate of drug-likeness (QED) is 0.506. The van der Waals surface area contributed by atoms with Crippen LogP contribution in [-0.2, 0) is 0 Å². The van der Waals surface area contributed by atoms with Gasteiger partial charge in [-0.25, -0.2) is 4.99 Å². The molecule has 0 radical (unpaired) electrons. The minimum absolute atomic E-state index is 0.0691. The molecule has 0 amide bonds. The van der Waals surface area contributed by atoms with Crippen LogP contribution in [0.25, 0.3) is 0 Å². The average molecular weight is 269 g/mol. The molecule has 0 bridgehead atoms. The Bertz CT molecular complexity index is 552. The van der Waals surface area contributed by atoms with Crippen molar-refractivity contribution >= 4 is 17.3 Å². The number of hydrogen-bond donors (Lipinski definition) is 2. The molecule has 0 heterocycles. The van der Waals surface area contributed by atoms with Crippen LogP contribution < -0.4 is 10.4 Å². The lowest BCUT2D eigenvalue weighted by Crippen LogP contribution is -2.34. The fourth-order valence-corrected chi connectivity index (χ4v) is 1.73. The molecule has 20 heavy (non-hydrogen) atoms. The van der Waals surface area contributed by atoms with Crippen molar-refractivity contribution in [2.45, 2.75) is 19.9 Å². The second-order valence-electron chi connectivity index (χ2n) is 4.68. The Morgan fingerprint density at radius 2 is 1.55 bits per heavy atom. The summed E-state index contributed by atoms with van der Waals surface area (Å²) in [5.74, 6) is 0.400. The first-order valence-electron chi connectivity index (χ1n) is 6.61. The summed E-state index contributed by atoms with van der Waals surface area (Å²) in [6.45, 7) is 3.93. The zero-order valence-corrected chi connectivity index (χ0v) is 11.7. The number of benzene rings is 2. The first-order chi connectivity index (χ1) is 9.66. The van der Waals surface area contributed by atoms with E-state index < -0.39 is 0 Å². The van der Waals surface area contributed by atoms with E-state index in [9.17, 15) is 5.21 Å². The number of nitrogens with zero attached hydrogens (tertiary/aromatic N) is 2. The van der Waals surface area contributed by atoms with E-state index in [-0.39, 0.29) is 6.04 Å². The van der Waals surface area contributed by atoms with E-state index in [2.05, 4.69) is 10.3 Å². The van der Waals surface area contributed by atoms with Gasteiger partial charge in [0.15, 0.2) is 0 Å². The van der Waals surface area contributed by atoms with E-state index in [4.69, 9.17) is 0 Å². The Hall–Kier alpha value is -2.33. The molecule has 0 saturated heterocycles. The number of hydroxylamine groups is 1. The number of anilines is 2. The van der Waals surface area contributed by atoms with Crippen molar-refractivity contribution in [1.29, 1.82) is 0 Å². The number of guanidine groups is 1. The number of nitrogens with one attached hydrogen (secondary N) is 1. The molecule has 0 fully saturated rings. The van der Waals surface area contributed by atoms with E-state index in [1.165, 1.54) is 0 Å². The van der Waals surface area contributed by atoms with Gasteiger partial charge in [-0.3, -0.25) is 5.21 Å². The maximum absolute atomic E-state index is 10.3. The zero-order valence-electron chi connectivity index (χ0n) is 11.7. The van der Waals surface area contributed by atoms with Gasteiger partial charge in [-0.1, -0.05) is 36.4 Å². The molecule has 0 aliphatic rings. The van der Waals surface area contributed by atoms with Crippen molar-refractivity contribution in [2.24, 2.45) is 4.99 Å². The Morgan fingerprint density at radius 1 is 1.00 bits per heavy atom. The van der Waals surface area contributed by atoms with Crippen molar-refractivity contribution in [3.05, 3.63) is 60.7 Å². The third-order valence-electron chi connectivity index (χ3n) is 2.61. The maximum Gasteiger partial charge on any atom is 0.227 e.